The Hall–Kier alpha value is -2.33. The first-order chi connectivity index (χ1) is 13.5. The van der Waals surface area contributed by atoms with Crippen LogP contribution < -0.4 is 10.6 Å². The minimum atomic E-state index is 0.188. The fraction of sp³-hybridized carbons (Fsp3) is 0.500. The van der Waals surface area contributed by atoms with Crippen LogP contribution in [0.25, 0.3) is 22.6 Å². The van der Waals surface area contributed by atoms with Crippen LogP contribution in [0.2, 0.25) is 0 Å². The highest BCUT2D eigenvalue weighted by Crippen LogP contribution is 2.33. The molecule has 2 N–H and O–H groups in total. The predicted molar refractivity (Wildman–Crippen MR) is 109 cm³/mol. The Morgan fingerprint density at radius 1 is 1.11 bits per heavy atom. The number of anilines is 2. The lowest BCUT2D eigenvalue weighted by Crippen LogP contribution is -2.43. The molecule has 0 aromatic carbocycles. The molecule has 3 aromatic rings. The van der Waals surface area contributed by atoms with Crippen LogP contribution in [-0.4, -0.2) is 54.8 Å². The Morgan fingerprint density at radius 3 is 2.50 bits per heavy atom. The van der Waals surface area contributed by atoms with E-state index in [1.807, 2.05) is 0 Å². The molecule has 2 fully saturated rings. The number of aromatic nitrogens is 6. The van der Waals surface area contributed by atoms with Crippen molar-refractivity contribution in [2.24, 2.45) is 0 Å². The second-order valence-corrected chi connectivity index (χ2v) is 8.29. The Balaban J connectivity index is 1.70. The van der Waals surface area contributed by atoms with Gasteiger partial charge in [-0.1, -0.05) is 0 Å². The smallest absolute Gasteiger partial charge is 0.228 e. The summed E-state index contributed by atoms with van der Waals surface area (Å²) in [5.74, 6) is 1.04. The van der Waals surface area contributed by atoms with Crippen molar-refractivity contribution in [3.63, 3.8) is 0 Å². The number of halogens is 1. The molecule has 0 radical (unpaired) electrons. The number of morpholine rings is 1. The second-order valence-electron chi connectivity index (χ2n) is 7.58. The Bertz CT molecular complexity index is 1020. The molecule has 146 valence electrons. The summed E-state index contributed by atoms with van der Waals surface area (Å²) in [5, 5.41) is 0. The largest absolute Gasteiger partial charge is 0.382 e. The minimum Gasteiger partial charge on any atom is -0.382 e. The predicted octanol–water partition coefficient (Wildman–Crippen LogP) is 2.58. The van der Waals surface area contributed by atoms with Crippen molar-refractivity contribution < 1.29 is 4.74 Å². The van der Waals surface area contributed by atoms with Crippen molar-refractivity contribution in [2.75, 3.05) is 23.7 Å². The number of rotatable bonds is 3. The van der Waals surface area contributed by atoms with Crippen molar-refractivity contribution >= 4 is 38.9 Å². The number of hydrogen-bond donors (Lipinski definition) is 1. The van der Waals surface area contributed by atoms with E-state index in [-0.39, 0.29) is 18.2 Å². The molecule has 5 rings (SSSR count). The van der Waals surface area contributed by atoms with Crippen LogP contribution in [0.4, 0.5) is 11.8 Å². The first-order valence-corrected chi connectivity index (χ1v) is 10.2. The molecular formula is C18H21BrN8O. The fourth-order valence-corrected chi connectivity index (χ4v) is 4.71. The van der Waals surface area contributed by atoms with Gasteiger partial charge in [-0.2, -0.15) is 4.98 Å². The van der Waals surface area contributed by atoms with E-state index < -0.39 is 0 Å². The zero-order valence-corrected chi connectivity index (χ0v) is 17.3. The highest BCUT2D eigenvalue weighted by Gasteiger charge is 2.35. The lowest BCUT2D eigenvalue weighted by molar-refractivity contribution is 0.0299. The zero-order chi connectivity index (χ0) is 19.4. The first-order valence-electron chi connectivity index (χ1n) is 9.43. The van der Waals surface area contributed by atoms with Gasteiger partial charge in [0.25, 0.3) is 0 Å². The summed E-state index contributed by atoms with van der Waals surface area (Å²) in [5.41, 5.74) is 8.47. The Labute approximate surface area is 170 Å². The molecule has 10 heteroatoms. The standard InChI is InChI=1S/C18H21BrN8O/c1-9(2)27-16-15(23-17(27)19)14(12-5-22-13(20)6-21-12)24-18(25-16)26-7-10-3-4-11(8-26)28-10/h5-6,9-11H,3-4,7-8H2,1-2H3,(H2,20,22). The summed E-state index contributed by atoms with van der Waals surface area (Å²) in [6.45, 7) is 5.80. The van der Waals surface area contributed by atoms with Gasteiger partial charge in [-0.25, -0.2) is 19.9 Å². The summed E-state index contributed by atoms with van der Waals surface area (Å²) in [4.78, 5) is 25.2. The van der Waals surface area contributed by atoms with Crippen molar-refractivity contribution in [3.05, 3.63) is 17.1 Å². The van der Waals surface area contributed by atoms with Crippen LogP contribution in [-0.2, 0) is 4.74 Å². The maximum Gasteiger partial charge on any atom is 0.228 e. The molecule has 0 aliphatic carbocycles. The summed E-state index contributed by atoms with van der Waals surface area (Å²) in [6, 6.07) is 0.188. The van der Waals surface area contributed by atoms with Crippen molar-refractivity contribution in [1.29, 1.82) is 0 Å². The van der Waals surface area contributed by atoms with Crippen LogP contribution in [0.15, 0.2) is 17.1 Å². The molecule has 0 spiro atoms. The molecule has 2 bridgehead atoms. The topological polar surface area (TPSA) is 108 Å². The van der Waals surface area contributed by atoms with E-state index in [0.29, 0.717) is 28.7 Å². The van der Waals surface area contributed by atoms with Crippen LogP contribution in [0.3, 0.4) is 0 Å². The third-order valence-corrected chi connectivity index (χ3v) is 5.80. The Kier molecular flexibility index (Phi) is 4.20. The van der Waals surface area contributed by atoms with Gasteiger partial charge < -0.3 is 19.9 Å². The molecule has 28 heavy (non-hydrogen) atoms. The highest BCUT2D eigenvalue weighted by atomic mass is 79.9. The molecule has 0 saturated carbocycles. The molecule has 5 heterocycles. The fourth-order valence-electron chi connectivity index (χ4n) is 3.95. The van der Waals surface area contributed by atoms with Gasteiger partial charge in [0, 0.05) is 19.1 Å². The van der Waals surface area contributed by atoms with Gasteiger partial charge in [0.1, 0.15) is 22.7 Å². The molecule has 3 aromatic heterocycles. The van der Waals surface area contributed by atoms with E-state index in [9.17, 15) is 0 Å². The number of nitrogen functional groups attached to an aromatic ring is 1. The zero-order valence-electron chi connectivity index (χ0n) is 15.7. The van der Waals surface area contributed by atoms with Crippen LogP contribution in [0.5, 0.6) is 0 Å². The Morgan fingerprint density at radius 2 is 1.86 bits per heavy atom. The summed E-state index contributed by atoms with van der Waals surface area (Å²) in [7, 11) is 0. The quantitative estimate of drug-likeness (QED) is 0.613. The molecule has 2 aliphatic heterocycles. The molecule has 2 saturated heterocycles. The van der Waals surface area contributed by atoms with Gasteiger partial charge in [-0.15, -0.1) is 0 Å². The second kappa shape index (κ2) is 6.63. The number of fused-ring (bicyclic) bond motifs is 3. The third-order valence-electron chi connectivity index (χ3n) is 5.24. The van der Waals surface area contributed by atoms with Gasteiger partial charge in [0.05, 0.1) is 24.6 Å². The summed E-state index contributed by atoms with van der Waals surface area (Å²) in [6.07, 6.45) is 5.85. The lowest BCUT2D eigenvalue weighted by atomic mass is 10.2. The number of nitrogens with two attached hydrogens (primary N) is 1. The average molecular weight is 445 g/mol. The molecule has 2 aliphatic rings. The minimum absolute atomic E-state index is 0.188. The van der Waals surface area contributed by atoms with Gasteiger partial charge >= 0.3 is 0 Å². The van der Waals surface area contributed by atoms with E-state index in [2.05, 4.69) is 54.2 Å². The summed E-state index contributed by atoms with van der Waals surface area (Å²) < 4.78 is 8.75. The molecule has 2 atom stereocenters. The summed E-state index contributed by atoms with van der Waals surface area (Å²) >= 11 is 3.57. The van der Waals surface area contributed by atoms with Crippen molar-refractivity contribution in [2.45, 2.75) is 44.9 Å². The number of hydrogen-bond acceptors (Lipinski definition) is 8. The monoisotopic (exact) mass is 444 g/mol. The number of imidazole rings is 1. The lowest BCUT2D eigenvalue weighted by Gasteiger charge is -2.32. The normalized spacial score (nSPS) is 21.8. The average Bonchev–Trinajstić information content (AvgIpc) is 3.19. The van der Waals surface area contributed by atoms with Gasteiger partial charge in [-0.3, -0.25) is 0 Å². The van der Waals surface area contributed by atoms with Crippen LogP contribution in [0.1, 0.15) is 32.7 Å². The van der Waals surface area contributed by atoms with Gasteiger partial charge in [0.2, 0.25) is 5.95 Å². The van der Waals surface area contributed by atoms with Crippen LogP contribution in [0, 0.1) is 0 Å². The van der Waals surface area contributed by atoms with E-state index in [4.69, 9.17) is 20.4 Å². The van der Waals surface area contributed by atoms with Gasteiger partial charge in [-0.05, 0) is 42.6 Å². The SMILES string of the molecule is CC(C)n1c(Br)nc2c(-c3cnc(N)cn3)nc(N3CC4CCC(C3)O4)nc21. The maximum atomic E-state index is 5.97. The van der Waals surface area contributed by atoms with E-state index in [1.165, 1.54) is 6.20 Å². The third kappa shape index (κ3) is 2.91. The maximum absolute atomic E-state index is 5.97. The van der Waals surface area contributed by atoms with Crippen LogP contribution >= 0.6 is 15.9 Å². The molecular weight excluding hydrogens is 424 g/mol. The molecule has 0 amide bonds. The number of nitrogens with zero attached hydrogens (tertiary/aromatic N) is 7. The highest BCUT2D eigenvalue weighted by molar-refractivity contribution is 9.10. The molecule has 9 nitrogen and oxygen atoms in total. The van der Waals surface area contributed by atoms with E-state index in [1.54, 1.807) is 6.20 Å². The molecule has 2 unspecified atom stereocenters. The van der Waals surface area contributed by atoms with Gasteiger partial charge in [0.15, 0.2) is 10.4 Å². The van der Waals surface area contributed by atoms with E-state index in [0.717, 1.165) is 36.3 Å². The van der Waals surface area contributed by atoms with Crippen molar-refractivity contribution in [3.8, 4) is 11.4 Å². The first kappa shape index (κ1) is 17.7. The number of ether oxygens (including phenoxy) is 1. The van der Waals surface area contributed by atoms with Crippen molar-refractivity contribution in [1.82, 2.24) is 29.5 Å². The van der Waals surface area contributed by atoms with E-state index >= 15 is 0 Å².